The van der Waals surface area contributed by atoms with Gasteiger partial charge in [0, 0.05) is 17.5 Å². The number of hydrogen-bond acceptors (Lipinski definition) is 7. The molecule has 286 valence electrons. The minimum absolute atomic E-state index is 0.00594. The molecule has 0 unspecified atom stereocenters. The summed E-state index contributed by atoms with van der Waals surface area (Å²) in [6.45, 7) is 14.3. The number of piperidine rings is 1. The summed E-state index contributed by atoms with van der Waals surface area (Å²) in [5.41, 5.74) is -1.46. The van der Waals surface area contributed by atoms with Crippen molar-refractivity contribution in [3.8, 4) is 0 Å². The standard InChI is InChI=1S/C38H62N6O7/c1-9-13-26(29(45)34(49)40-24-17-18-24)41-33(48)28-23-16-19-25(20-23)44(28)35(50)30(37(3,4)5)43-32(47)27(22-14-11-10-12-15-22)42-31(46)21(2)39-36(51)38(6,7)8/h21-28,30H,9-20H2,1-8H3,(H,39,51)(H,40,49)(H,41,48)(H,42,46)(H,43,47)/t21-,23-,25+,26-,27-,28-,30+/m0/s1. The lowest BCUT2D eigenvalue weighted by atomic mass is 9.81. The molecule has 5 N–H and O–H groups in total. The molecule has 0 aromatic heterocycles. The summed E-state index contributed by atoms with van der Waals surface area (Å²) in [5.74, 6) is -3.70. The van der Waals surface area contributed by atoms with Crippen molar-refractivity contribution in [2.75, 3.05) is 0 Å². The summed E-state index contributed by atoms with van der Waals surface area (Å²) in [4.78, 5) is 96.1. The van der Waals surface area contributed by atoms with Crippen LogP contribution in [0.25, 0.3) is 0 Å². The van der Waals surface area contributed by atoms with Crippen molar-refractivity contribution in [1.82, 2.24) is 31.5 Å². The third-order valence-electron chi connectivity index (χ3n) is 11.0. The molecule has 7 atom stereocenters. The van der Waals surface area contributed by atoms with Crippen molar-refractivity contribution in [2.45, 2.75) is 175 Å². The molecular weight excluding hydrogens is 652 g/mol. The van der Waals surface area contributed by atoms with E-state index in [-0.39, 0.29) is 35.7 Å². The number of nitrogens with one attached hydrogen (secondary N) is 5. The molecule has 1 heterocycles. The lowest BCUT2D eigenvalue weighted by Gasteiger charge is -2.41. The molecule has 1 aliphatic heterocycles. The summed E-state index contributed by atoms with van der Waals surface area (Å²) in [6, 6.07) is -4.83. The summed E-state index contributed by atoms with van der Waals surface area (Å²) in [6.07, 6.45) is 9.01. The molecule has 4 fully saturated rings. The van der Waals surface area contributed by atoms with Crippen LogP contribution in [0, 0.1) is 22.7 Å². The highest BCUT2D eigenvalue weighted by molar-refractivity contribution is 6.38. The molecular formula is C38H62N6O7. The smallest absolute Gasteiger partial charge is 0.289 e. The minimum Gasteiger partial charge on any atom is -0.347 e. The quantitative estimate of drug-likeness (QED) is 0.171. The van der Waals surface area contributed by atoms with E-state index >= 15 is 0 Å². The fourth-order valence-corrected chi connectivity index (χ4v) is 7.75. The van der Waals surface area contributed by atoms with E-state index in [1.54, 1.807) is 32.6 Å². The Morgan fingerprint density at radius 3 is 1.98 bits per heavy atom. The highest BCUT2D eigenvalue weighted by Crippen LogP contribution is 2.44. The number of likely N-dealkylation sites (tertiary alicyclic amines) is 1. The van der Waals surface area contributed by atoms with Gasteiger partial charge in [-0.1, -0.05) is 74.1 Å². The van der Waals surface area contributed by atoms with Gasteiger partial charge in [0.1, 0.15) is 24.2 Å². The molecule has 6 amide bonds. The first-order chi connectivity index (χ1) is 23.8. The second-order valence-electron chi connectivity index (χ2n) is 17.5. The number of Topliss-reactive ketones (excluding diaryl/α,β-unsaturated/α-hetero) is 1. The van der Waals surface area contributed by atoms with Crippen LogP contribution in [-0.4, -0.2) is 88.4 Å². The van der Waals surface area contributed by atoms with Crippen LogP contribution in [-0.2, 0) is 33.6 Å². The molecule has 13 nitrogen and oxygen atoms in total. The highest BCUT2D eigenvalue weighted by Gasteiger charge is 2.54. The van der Waals surface area contributed by atoms with Crippen LogP contribution in [0.1, 0.15) is 132 Å². The van der Waals surface area contributed by atoms with Crippen molar-refractivity contribution in [3.05, 3.63) is 0 Å². The molecule has 2 bridgehead atoms. The number of fused-ring (bicyclic) bond motifs is 2. The summed E-state index contributed by atoms with van der Waals surface area (Å²) in [7, 11) is 0. The average Bonchev–Trinajstić information content (AvgIpc) is 3.63. The fraction of sp³-hybridized carbons (Fsp3) is 0.816. The molecule has 0 aromatic carbocycles. The molecule has 3 saturated carbocycles. The van der Waals surface area contributed by atoms with E-state index < -0.39 is 70.5 Å². The van der Waals surface area contributed by atoms with Crippen molar-refractivity contribution < 1.29 is 33.6 Å². The van der Waals surface area contributed by atoms with Gasteiger partial charge in [0.15, 0.2) is 0 Å². The normalized spacial score (nSPS) is 24.5. The number of carbonyl (C=O) groups excluding carboxylic acids is 7. The van der Waals surface area contributed by atoms with Crippen molar-refractivity contribution >= 4 is 41.2 Å². The first kappa shape index (κ1) is 40.3. The van der Waals surface area contributed by atoms with E-state index in [1.807, 2.05) is 27.7 Å². The van der Waals surface area contributed by atoms with Gasteiger partial charge in [-0.2, -0.15) is 0 Å². The lowest BCUT2D eigenvalue weighted by Crippen LogP contribution is -2.64. The zero-order chi connectivity index (χ0) is 37.8. The molecule has 0 spiro atoms. The van der Waals surface area contributed by atoms with Gasteiger partial charge in [-0.05, 0) is 75.5 Å². The molecule has 4 rings (SSSR count). The number of carbonyl (C=O) groups is 7. The number of amides is 6. The summed E-state index contributed by atoms with van der Waals surface area (Å²) >= 11 is 0. The topological polar surface area (TPSA) is 183 Å². The Hall–Kier alpha value is -3.51. The summed E-state index contributed by atoms with van der Waals surface area (Å²) < 4.78 is 0. The second kappa shape index (κ2) is 16.4. The van der Waals surface area contributed by atoms with Crippen LogP contribution in [0.3, 0.4) is 0 Å². The molecule has 51 heavy (non-hydrogen) atoms. The molecule has 1 saturated heterocycles. The van der Waals surface area contributed by atoms with Crippen molar-refractivity contribution in [3.63, 3.8) is 0 Å². The Labute approximate surface area is 303 Å². The first-order valence-corrected chi connectivity index (χ1v) is 19.2. The second-order valence-corrected chi connectivity index (χ2v) is 17.5. The Morgan fingerprint density at radius 1 is 0.765 bits per heavy atom. The molecule has 0 radical (unpaired) electrons. The van der Waals surface area contributed by atoms with Crippen LogP contribution in [0.5, 0.6) is 0 Å². The van der Waals surface area contributed by atoms with Crippen LogP contribution in [0.2, 0.25) is 0 Å². The molecule has 4 aliphatic rings. The van der Waals surface area contributed by atoms with Crippen LogP contribution >= 0.6 is 0 Å². The van der Waals surface area contributed by atoms with E-state index in [0.717, 1.165) is 57.8 Å². The maximum Gasteiger partial charge on any atom is 0.289 e. The zero-order valence-corrected chi connectivity index (χ0v) is 32.0. The van der Waals surface area contributed by atoms with Crippen LogP contribution in [0.15, 0.2) is 0 Å². The van der Waals surface area contributed by atoms with Crippen molar-refractivity contribution in [1.29, 1.82) is 0 Å². The predicted octanol–water partition coefficient (Wildman–Crippen LogP) is 2.65. The maximum atomic E-state index is 14.6. The Kier molecular flexibility index (Phi) is 13.0. The van der Waals surface area contributed by atoms with Gasteiger partial charge in [-0.15, -0.1) is 0 Å². The third-order valence-corrected chi connectivity index (χ3v) is 11.0. The zero-order valence-electron chi connectivity index (χ0n) is 32.0. The van der Waals surface area contributed by atoms with Gasteiger partial charge < -0.3 is 31.5 Å². The number of hydrogen-bond donors (Lipinski definition) is 5. The average molecular weight is 715 g/mol. The number of nitrogens with zero attached hydrogens (tertiary/aromatic N) is 1. The van der Waals surface area contributed by atoms with E-state index in [0.29, 0.717) is 19.3 Å². The van der Waals surface area contributed by atoms with Crippen LogP contribution in [0.4, 0.5) is 0 Å². The van der Waals surface area contributed by atoms with Gasteiger partial charge in [0.2, 0.25) is 35.3 Å². The largest absolute Gasteiger partial charge is 0.347 e. The highest BCUT2D eigenvalue weighted by atomic mass is 16.2. The van der Waals surface area contributed by atoms with Gasteiger partial charge >= 0.3 is 0 Å². The minimum atomic E-state index is -1.02. The first-order valence-electron chi connectivity index (χ1n) is 19.2. The molecule has 13 heteroatoms. The van der Waals surface area contributed by atoms with Gasteiger partial charge in [0.05, 0.1) is 6.04 Å². The van der Waals surface area contributed by atoms with E-state index in [2.05, 4.69) is 26.6 Å². The van der Waals surface area contributed by atoms with E-state index in [1.165, 1.54) is 0 Å². The SMILES string of the molecule is CCC[C@H](NC(=O)[C@@H]1[C@H]2CC[C@H](C2)N1C(=O)[C@@H](NC(=O)[C@@H](NC(=O)[C@H](C)NC(=O)C(C)(C)C)C1CCCCC1)C(C)(C)C)C(=O)C(=O)NC1CC1. The van der Waals surface area contributed by atoms with Gasteiger partial charge in [0.25, 0.3) is 5.91 Å². The van der Waals surface area contributed by atoms with Crippen molar-refractivity contribution in [2.24, 2.45) is 22.7 Å². The van der Waals surface area contributed by atoms with E-state index in [4.69, 9.17) is 0 Å². The van der Waals surface area contributed by atoms with Crippen LogP contribution < -0.4 is 26.6 Å². The van der Waals surface area contributed by atoms with Gasteiger partial charge in [-0.25, -0.2) is 0 Å². The summed E-state index contributed by atoms with van der Waals surface area (Å²) in [5, 5.41) is 14.2. The Balaban J connectivity index is 1.53. The monoisotopic (exact) mass is 714 g/mol. The number of rotatable bonds is 14. The predicted molar refractivity (Wildman–Crippen MR) is 192 cm³/mol. The third kappa shape index (κ3) is 10.1. The Bertz CT molecular complexity index is 1340. The molecule has 0 aromatic rings. The Morgan fingerprint density at radius 2 is 1.41 bits per heavy atom. The van der Waals surface area contributed by atoms with Gasteiger partial charge in [-0.3, -0.25) is 33.6 Å². The molecule has 3 aliphatic carbocycles. The van der Waals surface area contributed by atoms with E-state index in [9.17, 15) is 33.6 Å². The number of ketones is 1. The lowest BCUT2D eigenvalue weighted by molar-refractivity contribution is -0.149. The maximum absolute atomic E-state index is 14.6. The fourth-order valence-electron chi connectivity index (χ4n) is 7.75.